The SMILES string of the molecule is CCOC(=O)c1nn(CC(=O)c2ccc[nH]2)c2ccccc2c1=O. The highest BCUT2D eigenvalue weighted by Crippen LogP contribution is 2.11. The molecular formula is C17H15N3O4. The summed E-state index contributed by atoms with van der Waals surface area (Å²) in [6, 6.07) is 10.1. The van der Waals surface area contributed by atoms with Gasteiger partial charge in [0.25, 0.3) is 0 Å². The highest BCUT2D eigenvalue weighted by Gasteiger charge is 2.19. The largest absolute Gasteiger partial charge is 0.461 e. The number of carbonyl (C=O) groups excluding carboxylic acids is 2. The van der Waals surface area contributed by atoms with Gasteiger partial charge in [-0.1, -0.05) is 12.1 Å². The van der Waals surface area contributed by atoms with E-state index in [9.17, 15) is 14.4 Å². The molecule has 3 aromatic rings. The first-order valence-corrected chi connectivity index (χ1v) is 7.45. The molecule has 0 radical (unpaired) electrons. The van der Waals surface area contributed by atoms with Gasteiger partial charge in [-0.2, -0.15) is 5.10 Å². The van der Waals surface area contributed by atoms with Crippen LogP contribution in [0.15, 0.2) is 47.4 Å². The summed E-state index contributed by atoms with van der Waals surface area (Å²) in [6.45, 7) is 1.67. The molecule has 122 valence electrons. The molecule has 7 nitrogen and oxygen atoms in total. The summed E-state index contributed by atoms with van der Waals surface area (Å²) in [5, 5.41) is 4.38. The maximum Gasteiger partial charge on any atom is 0.362 e. The molecule has 0 atom stereocenters. The van der Waals surface area contributed by atoms with Crippen LogP contribution in [0.5, 0.6) is 0 Å². The lowest BCUT2D eigenvalue weighted by atomic mass is 10.2. The van der Waals surface area contributed by atoms with Crippen LogP contribution in [0.3, 0.4) is 0 Å². The number of nitrogens with zero attached hydrogens (tertiary/aromatic N) is 2. The first-order valence-electron chi connectivity index (χ1n) is 7.45. The van der Waals surface area contributed by atoms with E-state index >= 15 is 0 Å². The Balaban J connectivity index is 2.12. The molecule has 0 bridgehead atoms. The van der Waals surface area contributed by atoms with Crippen molar-refractivity contribution in [2.45, 2.75) is 13.5 Å². The summed E-state index contributed by atoms with van der Waals surface area (Å²) >= 11 is 0. The molecule has 0 spiro atoms. The molecule has 0 unspecified atom stereocenters. The summed E-state index contributed by atoms with van der Waals surface area (Å²) in [4.78, 5) is 39.6. The molecular weight excluding hydrogens is 310 g/mol. The molecule has 0 aliphatic carbocycles. The molecule has 0 amide bonds. The first-order chi connectivity index (χ1) is 11.6. The number of ether oxygens (including phenoxy) is 1. The predicted octanol–water partition coefficient (Wildman–Crippen LogP) is 1.78. The summed E-state index contributed by atoms with van der Waals surface area (Å²) in [5.74, 6) is -1.01. The second-order valence-electron chi connectivity index (χ2n) is 5.08. The van der Waals surface area contributed by atoms with E-state index in [0.29, 0.717) is 16.6 Å². The van der Waals surface area contributed by atoms with E-state index < -0.39 is 11.4 Å². The first kappa shape index (κ1) is 15.7. The highest BCUT2D eigenvalue weighted by atomic mass is 16.5. The Morgan fingerprint density at radius 1 is 1.21 bits per heavy atom. The number of ketones is 1. The minimum Gasteiger partial charge on any atom is -0.461 e. The van der Waals surface area contributed by atoms with E-state index in [1.807, 2.05) is 0 Å². The zero-order valence-electron chi connectivity index (χ0n) is 13.0. The number of fused-ring (bicyclic) bond motifs is 1. The Morgan fingerprint density at radius 3 is 2.71 bits per heavy atom. The van der Waals surface area contributed by atoms with Crippen molar-refractivity contribution in [2.75, 3.05) is 6.61 Å². The minimum absolute atomic E-state index is 0.103. The van der Waals surface area contributed by atoms with Crippen LogP contribution in [0.4, 0.5) is 0 Å². The van der Waals surface area contributed by atoms with E-state index in [4.69, 9.17) is 4.74 Å². The number of nitrogens with one attached hydrogen (secondary N) is 1. The standard InChI is InChI=1S/C17H15N3O4/c1-2-24-17(23)15-16(22)11-6-3-4-8-13(11)20(19-15)10-14(21)12-7-5-9-18-12/h3-9,18H,2,10H2,1H3. The van der Waals surface area contributed by atoms with Gasteiger partial charge in [0.2, 0.25) is 11.1 Å². The quantitative estimate of drug-likeness (QED) is 0.570. The van der Waals surface area contributed by atoms with Crippen molar-refractivity contribution in [1.82, 2.24) is 14.8 Å². The van der Waals surface area contributed by atoms with Crippen molar-refractivity contribution in [2.24, 2.45) is 0 Å². The molecule has 0 saturated heterocycles. The number of Topliss-reactive ketones (excluding diaryl/α,β-unsaturated/α-hetero) is 1. The summed E-state index contributed by atoms with van der Waals surface area (Å²) in [7, 11) is 0. The van der Waals surface area contributed by atoms with E-state index in [1.165, 1.54) is 4.68 Å². The number of hydrogen-bond acceptors (Lipinski definition) is 5. The van der Waals surface area contributed by atoms with Gasteiger partial charge in [0.1, 0.15) is 6.54 Å². The van der Waals surface area contributed by atoms with Crippen molar-refractivity contribution in [3.63, 3.8) is 0 Å². The molecule has 24 heavy (non-hydrogen) atoms. The average Bonchev–Trinajstić information content (AvgIpc) is 3.12. The van der Waals surface area contributed by atoms with Crippen molar-refractivity contribution in [3.05, 3.63) is 64.2 Å². The fourth-order valence-corrected chi connectivity index (χ4v) is 2.42. The number of esters is 1. The van der Waals surface area contributed by atoms with Crippen molar-refractivity contribution in [1.29, 1.82) is 0 Å². The third-order valence-corrected chi connectivity index (χ3v) is 3.52. The number of benzene rings is 1. The average molecular weight is 325 g/mol. The van der Waals surface area contributed by atoms with Crippen LogP contribution in [0.25, 0.3) is 10.9 Å². The van der Waals surface area contributed by atoms with Gasteiger partial charge in [-0.3, -0.25) is 14.3 Å². The molecule has 0 aliphatic rings. The Bertz CT molecular complexity index is 958. The number of rotatable bonds is 5. The van der Waals surface area contributed by atoms with Crippen LogP contribution in [0, 0.1) is 0 Å². The van der Waals surface area contributed by atoms with Gasteiger partial charge in [-0.15, -0.1) is 0 Å². The van der Waals surface area contributed by atoms with Crippen molar-refractivity contribution >= 4 is 22.7 Å². The topological polar surface area (TPSA) is 94.0 Å². The molecule has 2 heterocycles. The van der Waals surface area contributed by atoms with Gasteiger partial charge in [0.15, 0.2) is 5.78 Å². The van der Waals surface area contributed by atoms with Gasteiger partial charge in [0, 0.05) is 11.6 Å². The normalized spacial score (nSPS) is 10.7. The Morgan fingerprint density at radius 2 is 2.00 bits per heavy atom. The summed E-state index contributed by atoms with van der Waals surface area (Å²) in [5.41, 5.74) is 0.0789. The van der Waals surface area contributed by atoms with Crippen LogP contribution in [-0.4, -0.2) is 33.1 Å². The fraction of sp³-hybridized carbons (Fsp3) is 0.176. The van der Waals surface area contributed by atoms with Crippen molar-refractivity contribution in [3.8, 4) is 0 Å². The second-order valence-corrected chi connectivity index (χ2v) is 5.08. The maximum atomic E-state index is 12.4. The molecule has 7 heteroatoms. The number of aromatic amines is 1. The Labute approximate surface area is 136 Å². The van der Waals surface area contributed by atoms with E-state index in [2.05, 4.69) is 10.1 Å². The van der Waals surface area contributed by atoms with Gasteiger partial charge < -0.3 is 9.72 Å². The van der Waals surface area contributed by atoms with Gasteiger partial charge in [-0.25, -0.2) is 4.79 Å². The molecule has 2 aromatic heterocycles. The molecule has 0 fully saturated rings. The molecule has 1 aromatic carbocycles. The van der Waals surface area contributed by atoms with E-state index in [-0.39, 0.29) is 24.6 Å². The number of carbonyl (C=O) groups is 2. The van der Waals surface area contributed by atoms with E-state index in [0.717, 1.165) is 0 Å². The van der Waals surface area contributed by atoms with Gasteiger partial charge in [0.05, 0.1) is 17.8 Å². The third-order valence-electron chi connectivity index (χ3n) is 3.52. The lowest BCUT2D eigenvalue weighted by molar-refractivity contribution is 0.0514. The number of aromatic nitrogens is 3. The zero-order chi connectivity index (χ0) is 17.1. The summed E-state index contributed by atoms with van der Waals surface area (Å²) < 4.78 is 6.24. The maximum absolute atomic E-state index is 12.4. The molecule has 0 saturated carbocycles. The Hall–Kier alpha value is -3.22. The van der Waals surface area contributed by atoms with E-state index in [1.54, 1.807) is 49.5 Å². The number of hydrogen-bond donors (Lipinski definition) is 1. The van der Waals surface area contributed by atoms with Crippen LogP contribution < -0.4 is 5.43 Å². The lowest BCUT2D eigenvalue weighted by Gasteiger charge is -2.10. The molecule has 0 aliphatic heterocycles. The Kier molecular flexibility index (Phi) is 4.24. The van der Waals surface area contributed by atoms with Crippen molar-refractivity contribution < 1.29 is 14.3 Å². The minimum atomic E-state index is -0.797. The highest BCUT2D eigenvalue weighted by molar-refractivity contribution is 5.96. The van der Waals surface area contributed by atoms with Crippen LogP contribution in [-0.2, 0) is 11.3 Å². The zero-order valence-corrected chi connectivity index (χ0v) is 13.0. The second kappa shape index (κ2) is 6.49. The number of para-hydroxylation sites is 1. The lowest BCUT2D eigenvalue weighted by Crippen LogP contribution is -2.26. The monoisotopic (exact) mass is 325 g/mol. The third kappa shape index (κ3) is 2.83. The number of H-pyrrole nitrogens is 1. The van der Waals surface area contributed by atoms with Gasteiger partial charge >= 0.3 is 5.97 Å². The van der Waals surface area contributed by atoms with Crippen LogP contribution >= 0.6 is 0 Å². The van der Waals surface area contributed by atoms with Gasteiger partial charge in [-0.05, 0) is 31.2 Å². The summed E-state index contributed by atoms with van der Waals surface area (Å²) in [6.07, 6.45) is 1.65. The van der Waals surface area contributed by atoms with Crippen LogP contribution in [0.1, 0.15) is 27.9 Å². The predicted molar refractivity (Wildman–Crippen MR) is 87.1 cm³/mol. The molecule has 3 rings (SSSR count). The van der Waals surface area contributed by atoms with Crippen LogP contribution in [0.2, 0.25) is 0 Å². The molecule has 1 N–H and O–H groups in total. The fourth-order valence-electron chi connectivity index (χ4n) is 2.42. The smallest absolute Gasteiger partial charge is 0.362 e.